The van der Waals surface area contributed by atoms with E-state index >= 15 is 0 Å². The maximum Gasteiger partial charge on any atom is 0.248 e. The summed E-state index contributed by atoms with van der Waals surface area (Å²) in [5.74, 6) is -0.478. The molecule has 1 amide bonds. The smallest absolute Gasteiger partial charge is 0.248 e. The fourth-order valence-electron chi connectivity index (χ4n) is 0.712. The van der Waals surface area contributed by atoms with E-state index in [9.17, 15) is 9.59 Å². The molecular formula is C7H7NO2. The molecule has 0 heterocycles. The van der Waals surface area contributed by atoms with Crippen molar-refractivity contribution in [3.05, 3.63) is 23.8 Å². The highest BCUT2D eigenvalue weighted by atomic mass is 16.1. The molecule has 3 heteroatoms. The van der Waals surface area contributed by atoms with Gasteiger partial charge >= 0.3 is 0 Å². The number of allylic oxidation sites excluding steroid dienone is 2. The van der Waals surface area contributed by atoms with Gasteiger partial charge in [0, 0.05) is 12.0 Å². The van der Waals surface area contributed by atoms with Gasteiger partial charge in [0.2, 0.25) is 5.91 Å². The Morgan fingerprint density at radius 1 is 1.50 bits per heavy atom. The molecule has 52 valence electrons. The lowest BCUT2D eigenvalue weighted by atomic mass is 10.1. The van der Waals surface area contributed by atoms with Crippen molar-refractivity contribution in [2.45, 2.75) is 6.42 Å². The van der Waals surface area contributed by atoms with Crippen molar-refractivity contribution in [3.63, 3.8) is 0 Å². The van der Waals surface area contributed by atoms with Gasteiger partial charge < -0.3 is 5.73 Å². The van der Waals surface area contributed by atoms with Gasteiger partial charge in [0.1, 0.15) is 0 Å². The van der Waals surface area contributed by atoms with Crippen LogP contribution in [0.25, 0.3) is 0 Å². The van der Waals surface area contributed by atoms with E-state index in [1.807, 2.05) is 0 Å². The van der Waals surface area contributed by atoms with Gasteiger partial charge in [-0.05, 0) is 12.2 Å². The SMILES string of the molecule is NC(=O)C1=CCC(=O)C=C1. The number of carbonyl (C=O) groups excluding carboxylic acids is 2. The third-order valence-electron chi connectivity index (χ3n) is 1.26. The summed E-state index contributed by atoms with van der Waals surface area (Å²) >= 11 is 0. The number of rotatable bonds is 1. The van der Waals surface area contributed by atoms with Crippen LogP contribution in [0.2, 0.25) is 0 Å². The summed E-state index contributed by atoms with van der Waals surface area (Å²) in [6.07, 6.45) is 4.62. The average molecular weight is 137 g/mol. The molecule has 0 atom stereocenters. The molecule has 1 aliphatic carbocycles. The molecule has 10 heavy (non-hydrogen) atoms. The zero-order valence-electron chi connectivity index (χ0n) is 5.33. The third kappa shape index (κ3) is 1.31. The van der Waals surface area contributed by atoms with Crippen molar-refractivity contribution in [2.75, 3.05) is 0 Å². The Kier molecular flexibility index (Phi) is 1.67. The standard InChI is InChI=1S/C7H7NO2/c8-7(10)5-1-3-6(9)4-2-5/h1-3H,4H2,(H2,8,10). The second-order valence-corrected chi connectivity index (χ2v) is 2.03. The van der Waals surface area contributed by atoms with Gasteiger partial charge in [0.25, 0.3) is 0 Å². The molecule has 0 aromatic rings. The summed E-state index contributed by atoms with van der Waals surface area (Å²) in [5.41, 5.74) is 5.36. The number of ketones is 1. The lowest BCUT2D eigenvalue weighted by Crippen LogP contribution is -2.14. The first-order valence-corrected chi connectivity index (χ1v) is 2.91. The van der Waals surface area contributed by atoms with E-state index in [1.54, 1.807) is 0 Å². The van der Waals surface area contributed by atoms with Crippen molar-refractivity contribution in [3.8, 4) is 0 Å². The molecular weight excluding hydrogens is 130 g/mol. The van der Waals surface area contributed by atoms with Crippen LogP contribution in [0.4, 0.5) is 0 Å². The first kappa shape index (κ1) is 6.74. The molecule has 0 aliphatic heterocycles. The molecule has 1 rings (SSSR count). The average Bonchev–Trinajstić information content (AvgIpc) is 1.88. The zero-order chi connectivity index (χ0) is 7.56. The first-order chi connectivity index (χ1) is 4.70. The Morgan fingerprint density at radius 2 is 2.20 bits per heavy atom. The summed E-state index contributed by atoms with van der Waals surface area (Å²) in [7, 11) is 0. The maximum absolute atomic E-state index is 10.5. The number of amides is 1. The monoisotopic (exact) mass is 137 g/mol. The molecule has 1 aliphatic rings. The van der Waals surface area contributed by atoms with Crippen LogP contribution in [0.5, 0.6) is 0 Å². The van der Waals surface area contributed by atoms with Crippen LogP contribution in [0.3, 0.4) is 0 Å². The predicted molar refractivity (Wildman–Crippen MR) is 36.0 cm³/mol. The van der Waals surface area contributed by atoms with E-state index in [4.69, 9.17) is 5.73 Å². The Labute approximate surface area is 58.2 Å². The van der Waals surface area contributed by atoms with Crippen LogP contribution in [0.1, 0.15) is 6.42 Å². The van der Waals surface area contributed by atoms with E-state index < -0.39 is 5.91 Å². The van der Waals surface area contributed by atoms with Crippen LogP contribution >= 0.6 is 0 Å². The Balaban J connectivity index is 2.77. The summed E-state index contributed by atoms with van der Waals surface area (Å²) in [5, 5.41) is 0. The highest BCUT2D eigenvalue weighted by Gasteiger charge is 2.06. The first-order valence-electron chi connectivity index (χ1n) is 2.91. The van der Waals surface area contributed by atoms with Gasteiger partial charge in [0.05, 0.1) is 0 Å². The quantitative estimate of drug-likeness (QED) is 0.549. The molecule has 0 unspecified atom stereocenters. The van der Waals surface area contributed by atoms with E-state index in [-0.39, 0.29) is 12.2 Å². The number of carbonyl (C=O) groups is 2. The van der Waals surface area contributed by atoms with Crippen molar-refractivity contribution in [1.29, 1.82) is 0 Å². The molecule has 0 spiro atoms. The molecule has 0 saturated carbocycles. The van der Waals surface area contributed by atoms with Crippen molar-refractivity contribution in [1.82, 2.24) is 0 Å². The van der Waals surface area contributed by atoms with E-state index in [1.165, 1.54) is 18.2 Å². The van der Waals surface area contributed by atoms with E-state index in [0.717, 1.165) is 0 Å². The van der Waals surface area contributed by atoms with Gasteiger partial charge in [0.15, 0.2) is 5.78 Å². The summed E-state index contributed by atoms with van der Waals surface area (Å²) in [4.78, 5) is 21.0. The van der Waals surface area contributed by atoms with Crippen LogP contribution in [0, 0.1) is 0 Å². The second kappa shape index (κ2) is 2.47. The van der Waals surface area contributed by atoms with E-state index in [0.29, 0.717) is 5.57 Å². The Hall–Kier alpha value is -1.38. The minimum atomic E-state index is -0.483. The molecule has 0 aromatic heterocycles. The van der Waals surface area contributed by atoms with Crippen LogP contribution in [0.15, 0.2) is 23.8 Å². The second-order valence-electron chi connectivity index (χ2n) is 2.03. The minimum Gasteiger partial charge on any atom is -0.366 e. The van der Waals surface area contributed by atoms with Gasteiger partial charge in [-0.3, -0.25) is 9.59 Å². The summed E-state index contributed by atoms with van der Waals surface area (Å²) < 4.78 is 0. The third-order valence-corrected chi connectivity index (χ3v) is 1.26. The van der Waals surface area contributed by atoms with Gasteiger partial charge in [-0.1, -0.05) is 6.08 Å². The molecule has 2 N–H and O–H groups in total. The van der Waals surface area contributed by atoms with Crippen LogP contribution < -0.4 is 5.73 Å². The van der Waals surface area contributed by atoms with E-state index in [2.05, 4.69) is 0 Å². The van der Waals surface area contributed by atoms with Crippen molar-refractivity contribution < 1.29 is 9.59 Å². The lowest BCUT2D eigenvalue weighted by molar-refractivity contribution is -0.114. The van der Waals surface area contributed by atoms with Crippen LogP contribution in [-0.4, -0.2) is 11.7 Å². The molecule has 3 nitrogen and oxygen atoms in total. The van der Waals surface area contributed by atoms with Crippen molar-refractivity contribution >= 4 is 11.7 Å². The van der Waals surface area contributed by atoms with Crippen molar-refractivity contribution in [2.24, 2.45) is 5.73 Å². The molecule has 0 radical (unpaired) electrons. The zero-order valence-corrected chi connectivity index (χ0v) is 5.33. The highest BCUT2D eigenvalue weighted by molar-refractivity contribution is 6.01. The lowest BCUT2D eigenvalue weighted by Gasteiger charge is -1.99. The molecule has 0 fully saturated rings. The number of primary amides is 1. The number of hydrogen-bond donors (Lipinski definition) is 1. The number of hydrogen-bond acceptors (Lipinski definition) is 2. The normalized spacial score (nSPS) is 16.8. The molecule has 0 saturated heterocycles. The Bertz CT molecular complexity index is 238. The number of nitrogens with two attached hydrogens (primary N) is 1. The molecule has 0 aromatic carbocycles. The predicted octanol–water partition coefficient (Wildman–Crippen LogP) is -0.0729. The summed E-state index contributed by atoms with van der Waals surface area (Å²) in [6, 6.07) is 0. The minimum absolute atomic E-state index is 0.00463. The Morgan fingerprint density at radius 3 is 2.60 bits per heavy atom. The topological polar surface area (TPSA) is 60.2 Å². The highest BCUT2D eigenvalue weighted by Crippen LogP contribution is 2.05. The fraction of sp³-hybridized carbons (Fsp3) is 0.143. The maximum atomic E-state index is 10.5. The van der Waals surface area contributed by atoms with Gasteiger partial charge in [-0.15, -0.1) is 0 Å². The molecule has 0 bridgehead atoms. The van der Waals surface area contributed by atoms with Gasteiger partial charge in [-0.2, -0.15) is 0 Å². The van der Waals surface area contributed by atoms with Crippen LogP contribution in [-0.2, 0) is 9.59 Å². The fourth-order valence-corrected chi connectivity index (χ4v) is 0.712. The van der Waals surface area contributed by atoms with Gasteiger partial charge in [-0.25, -0.2) is 0 Å². The summed E-state index contributed by atoms with van der Waals surface area (Å²) in [6.45, 7) is 0. The largest absolute Gasteiger partial charge is 0.366 e.